The van der Waals surface area contributed by atoms with Gasteiger partial charge in [0.2, 0.25) is 11.8 Å². The minimum atomic E-state index is -1.03. The van der Waals surface area contributed by atoms with Crippen LogP contribution in [0.5, 0.6) is 11.5 Å². The molecule has 8 nitrogen and oxygen atoms in total. The Labute approximate surface area is 157 Å². The van der Waals surface area contributed by atoms with Gasteiger partial charge in [0, 0.05) is 25.1 Å². The SMILES string of the molecule is COc1ccc(N2CC(C(=O)N(C3CC3)C(C)C(=O)O)CC2=O)c(OC)c1. The van der Waals surface area contributed by atoms with Gasteiger partial charge in [0.25, 0.3) is 0 Å². The normalized spacial score (nSPS) is 20.3. The van der Waals surface area contributed by atoms with E-state index >= 15 is 0 Å². The number of carbonyl (C=O) groups excluding carboxylic acids is 2. The lowest BCUT2D eigenvalue weighted by molar-refractivity contribution is -0.151. The van der Waals surface area contributed by atoms with Gasteiger partial charge in [-0.2, -0.15) is 0 Å². The zero-order chi connectivity index (χ0) is 19.7. The van der Waals surface area contributed by atoms with Gasteiger partial charge >= 0.3 is 5.97 Å². The minimum absolute atomic E-state index is 0.0386. The molecule has 2 amide bonds. The molecule has 1 saturated heterocycles. The molecule has 1 aromatic rings. The second kappa shape index (κ2) is 7.46. The van der Waals surface area contributed by atoms with Crippen LogP contribution in [0.1, 0.15) is 26.2 Å². The number of hydrogen-bond acceptors (Lipinski definition) is 5. The maximum atomic E-state index is 13.0. The number of rotatable bonds is 7. The van der Waals surface area contributed by atoms with Crippen molar-refractivity contribution in [3.05, 3.63) is 18.2 Å². The average molecular weight is 376 g/mol. The van der Waals surface area contributed by atoms with Gasteiger partial charge in [0.15, 0.2) is 0 Å². The fourth-order valence-corrected chi connectivity index (χ4v) is 3.48. The van der Waals surface area contributed by atoms with E-state index in [1.165, 1.54) is 23.8 Å². The van der Waals surface area contributed by atoms with Gasteiger partial charge in [-0.1, -0.05) is 0 Å². The van der Waals surface area contributed by atoms with Gasteiger partial charge in [0.05, 0.1) is 25.8 Å². The van der Waals surface area contributed by atoms with Crippen LogP contribution in [0.25, 0.3) is 0 Å². The Morgan fingerprint density at radius 2 is 1.96 bits per heavy atom. The van der Waals surface area contributed by atoms with Gasteiger partial charge in [-0.15, -0.1) is 0 Å². The number of ether oxygens (including phenoxy) is 2. The van der Waals surface area contributed by atoms with Crippen LogP contribution in [0.15, 0.2) is 18.2 Å². The fraction of sp³-hybridized carbons (Fsp3) is 0.526. The summed E-state index contributed by atoms with van der Waals surface area (Å²) in [5.74, 6) is -0.968. The highest BCUT2D eigenvalue weighted by Gasteiger charge is 2.44. The first-order valence-electron chi connectivity index (χ1n) is 8.94. The summed E-state index contributed by atoms with van der Waals surface area (Å²) >= 11 is 0. The highest BCUT2D eigenvalue weighted by molar-refractivity contribution is 6.02. The molecule has 1 heterocycles. The van der Waals surface area contributed by atoms with Crippen LogP contribution in [0, 0.1) is 5.92 Å². The fourth-order valence-electron chi connectivity index (χ4n) is 3.48. The van der Waals surface area contributed by atoms with Crippen molar-refractivity contribution in [3.63, 3.8) is 0 Å². The molecule has 2 aliphatic rings. The lowest BCUT2D eigenvalue weighted by atomic mass is 10.1. The zero-order valence-electron chi connectivity index (χ0n) is 15.7. The Bertz CT molecular complexity index is 761. The van der Waals surface area contributed by atoms with E-state index in [9.17, 15) is 19.5 Å². The van der Waals surface area contributed by atoms with E-state index in [4.69, 9.17) is 9.47 Å². The Balaban J connectivity index is 1.81. The number of nitrogens with zero attached hydrogens (tertiary/aromatic N) is 2. The summed E-state index contributed by atoms with van der Waals surface area (Å²) in [4.78, 5) is 39.9. The maximum absolute atomic E-state index is 13.0. The quantitative estimate of drug-likeness (QED) is 0.775. The van der Waals surface area contributed by atoms with Crippen LogP contribution in [0.4, 0.5) is 5.69 Å². The van der Waals surface area contributed by atoms with E-state index in [0.29, 0.717) is 17.2 Å². The number of methoxy groups -OCH3 is 2. The van der Waals surface area contributed by atoms with E-state index in [1.807, 2.05) is 0 Å². The first-order chi connectivity index (χ1) is 12.9. The lowest BCUT2D eigenvalue weighted by Crippen LogP contribution is -2.47. The number of amides is 2. The summed E-state index contributed by atoms with van der Waals surface area (Å²) in [7, 11) is 3.05. The van der Waals surface area contributed by atoms with Gasteiger partial charge in [-0.05, 0) is 31.9 Å². The summed E-state index contributed by atoms with van der Waals surface area (Å²) in [5, 5.41) is 9.32. The van der Waals surface area contributed by atoms with Crippen LogP contribution in [0.3, 0.4) is 0 Å². The van der Waals surface area contributed by atoms with Gasteiger partial charge in [-0.3, -0.25) is 9.59 Å². The molecule has 1 N–H and O–H groups in total. The van der Waals surface area contributed by atoms with Crippen LogP contribution in [-0.2, 0) is 14.4 Å². The van der Waals surface area contributed by atoms with Crippen molar-refractivity contribution in [1.82, 2.24) is 4.90 Å². The summed E-state index contributed by atoms with van der Waals surface area (Å²) in [5.41, 5.74) is 0.572. The number of benzene rings is 1. The number of carboxylic acids is 1. The number of aliphatic carboxylic acids is 1. The van der Waals surface area contributed by atoms with Crippen molar-refractivity contribution in [2.45, 2.75) is 38.3 Å². The molecule has 2 fully saturated rings. The molecule has 146 valence electrons. The van der Waals surface area contributed by atoms with E-state index in [0.717, 1.165) is 12.8 Å². The number of anilines is 1. The predicted octanol–water partition coefficient (Wildman–Crippen LogP) is 1.52. The molecule has 2 unspecified atom stereocenters. The standard InChI is InChI=1S/C19H24N2O6/c1-11(19(24)25)21(13-4-5-13)18(23)12-8-17(22)20(10-12)15-7-6-14(26-2)9-16(15)27-3/h6-7,9,11-13H,4-5,8,10H2,1-3H3,(H,24,25). The predicted molar refractivity (Wildman–Crippen MR) is 97.0 cm³/mol. The zero-order valence-corrected chi connectivity index (χ0v) is 15.7. The van der Waals surface area contributed by atoms with Crippen LogP contribution < -0.4 is 14.4 Å². The number of hydrogen-bond donors (Lipinski definition) is 1. The molecule has 3 rings (SSSR count). The summed E-state index contributed by atoms with van der Waals surface area (Å²) in [6.07, 6.45) is 1.67. The molecule has 27 heavy (non-hydrogen) atoms. The van der Waals surface area contributed by atoms with Gasteiger partial charge in [-0.25, -0.2) is 4.79 Å². The summed E-state index contributed by atoms with van der Waals surface area (Å²) in [6.45, 7) is 1.72. The lowest BCUT2D eigenvalue weighted by Gasteiger charge is -2.29. The van der Waals surface area contributed by atoms with Crippen LogP contribution in [0.2, 0.25) is 0 Å². The van der Waals surface area contributed by atoms with Crippen molar-refractivity contribution in [2.75, 3.05) is 25.7 Å². The molecular weight excluding hydrogens is 352 g/mol. The van der Waals surface area contributed by atoms with E-state index in [1.54, 1.807) is 25.3 Å². The number of carbonyl (C=O) groups is 3. The Morgan fingerprint density at radius 1 is 1.26 bits per heavy atom. The van der Waals surface area contributed by atoms with E-state index in [-0.39, 0.29) is 30.8 Å². The highest BCUT2D eigenvalue weighted by atomic mass is 16.5. The molecule has 2 atom stereocenters. The molecule has 0 spiro atoms. The molecule has 1 aliphatic carbocycles. The topological polar surface area (TPSA) is 96.4 Å². The van der Waals surface area contributed by atoms with Crippen molar-refractivity contribution in [1.29, 1.82) is 0 Å². The van der Waals surface area contributed by atoms with Crippen molar-refractivity contribution in [3.8, 4) is 11.5 Å². The molecule has 0 aromatic heterocycles. The van der Waals surface area contributed by atoms with Crippen molar-refractivity contribution >= 4 is 23.5 Å². The first kappa shape index (κ1) is 19.0. The highest BCUT2D eigenvalue weighted by Crippen LogP contribution is 2.37. The van der Waals surface area contributed by atoms with Gasteiger partial charge in [0.1, 0.15) is 17.5 Å². The third kappa shape index (κ3) is 3.70. The maximum Gasteiger partial charge on any atom is 0.326 e. The van der Waals surface area contributed by atoms with E-state index in [2.05, 4.69) is 0 Å². The first-order valence-corrected chi connectivity index (χ1v) is 8.94. The van der Waals surface area contributed by atoms with Crippen LogP contribution >= 0.6 is 0 Å². The molecule has 0 bridgehead atoms. The second-order valence-corrected chi connectivity index (χ2v) is 6.93. The molecular formula is C19H24N2O6. The third-order valence-corrected chi connectivity index (χ3v) is 5.12. The monoisotopic (exact) mass is 376 g/mol. The molecule has 1 saturated carbocycles. The molecule has 8 heteroatoms. The minimum Gasteiger partial charge on any atom is -0.497 e. The van der Waals surface area contributed by atoms with Crippen LogP contribution in [-0.4, -0.2) is 60.6 Å². The molecule has 0 radical (unpaired) electrons. The van der Waals surface area contributed by atoms with Gasteiger partial charge < -0.3 is 24.4 Å². The Kier molecular flexibility index (Phi) is 5.25. The van der Waals surface area contributed by atoms with Crippen molar-refractivity contribution < 1.29 is 29.0 Å². The molecule has 1 aromatic carbocycles. The smallest absolute Gasteiger partial charge is 0.326 e. The average Bonchev–Trinajstić information content (AvgIpc) is 3.42. The van der Waals surface area contributed by atoms with E-state index < -0.39 is 17.9 Å². The summed E-state index contributed by atoms with van der Waals surface area (Å²) in [6, 6.07) is 4.19. The second-order valence-electron chi connectivity index (χ2n) is 6.93. The summed E-state index contributed by atoms with van der Waals surface area (Å²) < 4.78 is 10.5. The Hall–Kier alpha value is -2.77. The van der Waals surface area contributed by atoms with Crippen molar-refractivity contribution in [2.24, 2.45) is 5.92 Å². The largest absolute Gasteiger partial charge is 0.497 e. The Morgan fingerprint density at radius 3 is 2.52 bits per heavy atom. The molecule has 1 aliphatic heterocycles. The number of carboxylic acid groups (broad SMARTS) is 1. The third-order valence-electron chi connectivity index (χ3n) is 5.12.